The van der Waals surface area contributed by atoms with Gasteiger partial charge in [0.15, 0.2) is 5.65 Å². The predicted molar refractivity (Wildman–Crippen MR) is 108 cm³/mol. The van der Waals surface area contributed by atoms with E-state index in [-0.39, 0.29) is 11.8 Å². The van der Waals surface area contributed by atoms with Crippen LogP contribution in [0.1, 0.15) is 42.0 Å². The van der Waals surface area contributed by atoms with E-state index in [4.69, 9.17) is 5.10 Å². The summed E-state index contributed by atoms with van der Waals surface area (Å²) in [7, 11) is 0. The van der Waals surface area contributed by atoms with Crippen LogP contribution in [0.2, 0.25) is 0 Å². The van der Waals surface area contributed by atoms with E-state index in [9.17, 15) is 4.79 Å². The number of rotatable bonds is 6. The third-order valence-corrected chi connectivity index (χ3v) is 5.43. The summed E-state index contributed by atoms with van der Waals surface area (Å²) in [6, 6.07) is 8.09. The number of hydrogen-bond donors (Lipinski definition) is 2. The van der Waals surface area contributed by atoms with E-state index in [0.717, 1.165) is 41.9 Å². The molecule has 2 atom stereocenters. The maximum absolute atomic E-state index is 12.5. The van der Waals surface area contributed by atoms with Crippen molar-refractivity contribution in [3.05, 3.63) is 53.5 Å². The van der Waals surface area contributed by atoms with Gasteiger partial charge in [0.05, 0.1) is 18.2 Å². The lowest BCUT2D eigenvalue weighted by Crippen LogP contribution is -2.31. The molecule has 1 fully saturated rings. The van der Waals surface area contributed by atoms with Gasteiger partial charge in [0.25, 0.3) is 0 Å². The molecule has 1 aliphatic rings. The third-order valence-electron chi connectivity index (χ3n) is 5.43. The molecule has 2 aromatic heterocycles. The van der Waals surface area contributed by atoms with Gasteiger partial charge in [0.1, 0.15) is 5.52 Å². The highest BCUT2D eigenvalue weighted by Crippen LogP contribution is 2.26. The number of aromatic nitrogens is 4. The molecule has 1 aromatic carbocycles. The number of aryl methyl sites for hydroxylation is 1. The monoisotopic (exact) mass is 378 g/mol. The fourth-order valence-corrected chi connectivity index (χ4v) is 3.69. The molecule has 7 nitrogen and oxygen atoms in total. The van der Waals surface area contributed by atoms with Gasteiger partial charge < -0.3 is 10.6 Å². The van der Waals surface area contributed by atoms with Crippen molar-refractivity contribution in [1.29, 1.82) is 0 Å². The maximum atomic E-state index is 12.5. The minimum Gasteiger partial charge on any atom is -0.354 e. The SMILES string of the molecule is Cc1ccc(C(C)C(=O)NCCn2nc(C3CCNC3)c3nccnc32)cc1. The van der Waals surface area contributed by atoms with E-state index < -0.39 is 0 Å². The fourth-order valence-electron chi connectivity index (χ4n) is 3.69. The topological polar surface area (TPSA) is 84.7 Å². The predicted octanol–water partition coefficient (Wildman–Crippen LogP) is 2.13. The number of carbonyl (C=O) groups excluding carboxylic acids is 1. The summed E-state index contributed by atoms with van der Waals surface area (Å²) in [6.07, 6.45) is 4.47. The summed E-state index contributed by atoms with van der Waals surface area (Å²) >= 11 is 0. The average molecular weight is 378 g/mol. The molecule has 0 bridgehead atoms. The summed E-state index contributed by atoms with van der Waals surface area (Å²) in [6.45, 7) is 6.98. The van der Waals surface area contributed by atoms with Crippen LogP contribution in [0.3, 0.4) is 0 Å². The molecule has 28 heavy (non-hydrogen) atoms. The molecule has 1 aliphatic heterocycles. The summed E-state index contributed by atoms with van der Waals surface area (Å²) < 4.78 is 1.87. The van der Waals surface area contributed by atoms with Gasteiger partial charge in [-0.05, 0) is 32.4 Å². The van der Waals surface area contributed by atoms with E-state index in [1.54, 1.807) is 12.4 Å². The Morgan fingerprint density at radius 1 is 1.29 bits per heavy atom. The Bertz CT molecular complexity index is 959. The summed E-state index contributed by atoms with van der Waals surface area (Å²) in [5.41, 5.74) is 4.87. The minimum atomic E-state index is -0.185. The van der Waals surface area contributed by atoms with Crippen molar-refractivity contribution in [3.8, 4) is 0 Å². The number of nitrogens with zero attached hydrogens (tertiary/aromatic N) is 4. The first-order valence-corrected chi connectivity index (χ1v) is 9.86. The van der Waals surface area contributed by atoms with Crippen molar-refractivity contribution in [1.82, 2.24) is 30.4 Å². The van der Waals surface area contributed by atoms with Crippen molar-refractivity contribution in [2.75, 3.05) is 19.6 Å². The smallest absolute Gasteiger partial charge is 0.227 e. The van der Waals surface area contributed by atoms with Gasteiger partial charge in [0, 0.05) is 31.4 Å². The second kappa shape index (κ2) is 8.06. The number of benzene rings is 1. The Morgan fingerprint density at radius 2 is 2.07 bits per heavy atom. The average Bonchev–Trinajstić information content (AvgIpc) is 3.36. The molecule has 0 spiro atoms. The molecular weight excluding hydrogens is 352 g/mol. The Kier molecular flexibility index (Phi) is 5.34. The third kappa shape index (κ3) is 3.75. The molecule has 2 unspecified atom stereocenters. The van der Waals surface area contributed by atoms with Crippen molar-refractivity contribution < 1.29 is 4.79 Å². The molecule has 1 saturated heterocycles. The number of fused-ring (bicyclic) bond motifs is 1. The molecule has 2 N–H and O–H groups in total. The van der Waals surface area contributed by atoms with E-state index >= 15 is 0 Å². The second-order valence-corrected chi connectivity index (χ2v) is 7.45. The van der Waals surface area contributed by atoms with Gasteiger partial charge in [-0.25, -0.2) is 14.6 Å². The van der Waals surface area contributed by atoms with Crippen molar-refractivity contribution in [2.45, 2.75) is 38.6 Å². The largest absolute Gasteiger partial charge is 0.354 e. The van der Waals surface area contributed by atoms with Crippen LogP contribution in [0.4, 0.5) is 0 Å². The van der Waals surface area contributed by atoms with Gasteiger partial charge >= 0.3 is 0 Å². The molecule has 0 radical (unpaired) electrons. The lowest BCUT2D eigenvalue weighted by Gasteiger charge is -2.13. The molecule has 146 valence electrons. The molecular formula is C21H26N6O. The Balaban J connectivity index is 1.43. The van der Waals surface area contributed by atoms with E-state index in [2.05, 4.69) is 20.6 Å². The first-order chi connectivity index (χ1) is 13.6. The highest BCUT2D eigenvalue weighted by molar-refractivity contribution is 5.83. The van der Waals surface area contributed by atoms with Crippen molar-refractivity contribution in [2.24, 2.45) is 0 Å². The molecule has 3 aromatic rings. The van der Waals surface area contributed by atoms with Gasteiger partial charge in [-0.2, -0.15) is 5.10 Å². The van der Waals surface area contributed by atoms with Crippen LogP contribution in [-0.4, -0.2) is 45.3 Å². The highest BCUT2D eigenvalue weighted by atomic mass is 16.1. The van der Waals surface area contributed by atoms with Gasteiger partial charge in [0.2, 0.25) is 5.91 Å². The van der Waals surface area contributed by atoms with Crippen LogP contribution in [-0.2, 0) is 11.3 Å². The van der Waals surface area contributed by atoms with E-state index in [1.165, 1.54) is 5.56 Å². The minimum absolute atomic E-state index is 0.0200. The van der Waals surface area contributed by atoms with Crippen LogP contribution < -0.4 is 10.6 Å². The first-order valence-electron chi connectivity index (χ1n) is 9.86. The zero-order chi connectivity index (χ0) is 19.5. The molecule has 7 heteroatoms. The molecule has 0 aliphatic carbocycles. The van der Waals surface area contributed by atoms with E-state index in [0.29, 0.717) is 19.0 Å². The standard InChI is InChI=1S/C21H26N6O/c1-14-3-5-16(6-4-14)15(2)21(28)25-11-12-27-20-19(23-9-10-24-20)18(26-27)17-7-8-22-13-17/h3-6,9-10,15,17,22H,7-8,11-13H2,1-2H3,(H,25,28). The Hall–Kier alpha value is -2.80. The normalized spacial score (nSPS) is 17.7. The van der Waals surface area contributed by atoms with Crippen LogP contribution in [0, 0.1) is 6.92 Å². The first kappa shape index (κ1) is 18.6. The summed E-state index contributed by atoms with van der Waals surface area (Å²) in [4.78, 5) is 21.5. The summed E-state index contributed by atoms with van der Waals surface area (Å²) in [5, 5.41) is 11.2. The quantitative estimate of drug-likeness (QED) is 0.686. The second-order valence-electron chi connectivity index (χ2n) is 7.45. The molecule has 1 amide bonds. The molecule has 0 saturated carbocycles. The van der Waals surface area contributed by atoms with Crippen LogP contribution in [0.25, 0.3) is 11.2 Å². The zero-order valence-corrected chi connectivity index (χ0v) is 16.4. The fraction of sp³-hybridized carbons (Fsp3) is 0.429. The number of amides is 1. The lowest BCUT2D eigenvalue weighted by atomic mass is 9.99. The Labute approximate surface area is 164 Å². The van der Waals surface area contributed by atoms with Crippen molar-refractivity contribution >= 4 is 17.1 Å². The van der Waals surface area contributed by atoms with E-state index in [1.807, 2.05) is 42.8 Å². The summed E-state index contributed by atoms with van der Waals surface area (Å²) in [5.74, 6) is 0.207. The maximum Gasteiger partial charge on any atom is 0.227 e. The van der Waals surface area contributed by atoms with Gasteiger partial charge in [-0.1, -0.05) is 29.8 Å². The lowest BCUT2D eigenvalue weighted by molar-refractivity contribution is -0.122. The molecule has 4 rings (SSSR count). The van der Waals surface area contributed by atoms with Gasteiger partial charge in [-0.3, -0.25) is 4.79 Å². The highest BCUT2D eigenvalue weighted by Gasteiger charge is 2.24. The molecule has 3 heterocycles. The zero-order valence-electron chi connectivity index (χ0n) is 16.4. The van der Waals surface area contributed by atoms with Crippen LogP contribution in [0.5, 0.6) is 0 Å². The van der Waals surface area contributed by atoms with Crippen LogP contribution in [0.15, 0.2) is 36.7 Å². The number of hydrogen-bond acceptors (Lipinski definition) is 5. The number of carbonyl (C=O) groups is 1. The van der Waals surface area contributed by atoms with Crippen LogP contribution >= 0.6 is 0 Å². The van der Waals surface area contributed by atoms with Gasteiger partial charge in [-0.15, -0.1) is 0 Å². The van der Waals surface area contributed by atoms with Crippen molar-refractivity contribution in [3.63, 3.8) is 0 Å². The number of nitrogens with one attached hydrogen (secondary N) is 2. The Morgan fingerprint density at radius 3 is 2.82 bits per heavy atom.